The molecule has 1 aromatic rings. The predicted octanol–water partition coefficient (Wildman–Crippen LogP) is 5.35. The molecule has 0 bridgehead atoms. The number of hydrogen-bond acceptors (Lipinski definition) is 2. The minimum atomic E-state index is -0.303. The zero-order valence-corrected chi connectivity index (χ0v) is 13.6. The van der Waals surface area contributed by atoms with Gasteiger partial charge in [-0.05, 0) is 37.0 Å². The largest absolute Gasteiger partial charge is 0.272 e. The van der Waals surface area contributed by atoms with Gasteiger partial charge < -0.3 is 0 Å². The van der Waals surface area contributed by atoms with Gasteiger partial charge in [0.25, 0.3) is 5.69 Å². The van der Waals surface area contributed by atoms with E-state index in [2.05, 4.69) is 13.8 Å². The summed E-state index contributed by atoms with van der Waals surface area (Å²) in [5.41, 5.74) is 1.11. The zero-order valence-electron chi connectivity index (χ0n) is 12.8. The SMILES string of the molecule is CC(C)CC1(C(Cl)Cc2ccccc2[N+](=O)[O-])CCCC1. The molecule has 3 nitrogen and oxygen atoms in total. The highest BCUT2D eigenvalue weighted by Gasteiger charge is 2.41. The third kappa shape index (κ3) is 3.76. The lowest BCUT2D eigenvalue weighted by Gasteiger charge is -2.35. The first-order chi connectivity index (χ1) is 9.94. The molecule has 0 heterocycles. The zero-order chi connectivity index (χ0) is 15.5. The van der Waals surface area contributed by atoms with E-state index in [4.69, 9.17) is 11.6 Å². The van der Waals surface area contributed by atoms with Gasteiger partial charge in [-0.2, -0.15) is 0 Å². The van der Waals surface area contributed by atoms with E-state index in [1.54, 1.807) is 12.1 Å². The Kier molecular flexibility index (Phi) is 5.26. The van der Waals surface area contributed by atoms with E-state index < -0.39 is 0 Å². The summed E-state index contributed by atoms with van der Waals surface area (Å²) in [4.78, 5) is 10.8. The lowest BCUT2D eigenvalue weighted by molar-refractivity contribution is -0.385. The van der Waals surface area contributed by atoms with E-state index in [0.29, 0.717) is 12.3 Å². The third-order valence-corrected chi connectivity index (χ3v) is 5.28. The number of hydrogen-bond donors (Lipinski definition) is 0. The molecule has 0 radical (unpaired) electrons. The van der Waals surface area contributed by atoms with Crippen molar-refractivity contribution in [3.63, 3.8) is 0 Å². The van der Waals surface area contributed by atoms with E-state index in [1.165, 1.54) is 12.8 Å². The van der Waals surface area contributed by atoms with E-state index in [9.17, 15) is 10.1 Å². The van der Waals surface area contributed by atoms with Crippen LogP contribution in [0.15, 0.2) is 24.3 Å². The summed E-state index contributed by atoms with van der Waals surface area (Å²) in [6.45, 7) is 4.46. The van der Waals surface area contributed by atoms with Crippen LogP contribution in [0.25, 0.3) is 0 Å². The van der Waals surface area contributed by atoms with Crippen LogP contribution in [-0.4, -0.2) is 10.3 Å². The molecule has 0 aliphatic heterocycles. The van der Waals surface area contributed by atoms with Gasteiger partial charge in [0.15, 0.2) is 0 Å². The Morgan fingerprint density at radius 2 is 1.90 bits per heavy atom. The normalized spacial score (nSPS) is 18.9. The van der Waals surface area contributed by atoms with Crippen molar-refractivity contribution >= 4 is 17.3 Å². The Bertz CT molecular complexity index is 495. The number of benzene rings is 1. The van der Waals surface area contributed by atoms with Gasteiger partial charge in [-0.25, -0.2) is 0 Å². The number of halogens is 1. The van der Waals surface area contributed by atoms with Crippen molar-refractivity contribution in [3.8, 4) is 0 Å². The maximum Gasteiger partial charge on any atom is 0.272 e. The van der Waals surface area contributed by atoms with Crippen molar-refractivity contribution in [2.45, 2.75) is 57.7 Å². The van der Waals surface area contributed by atoms with E-state index in [0.717, 1.165) is 24.8 Å². The number of nitro groups is 1. The molecule has 1 unspecified atom stereocenters. The van der Waals surface area contributed by atoms with Crippen molar-refractivity contribution in [2.75, 3.05) is 0 Å². The molecule has 1 aromatic carbocycles. The van der Waals surface area contributed by atoms with Crippen LogP contribution < -0.4 is 0 Å². The molecule has 0 spiro atoms. The Balaban J connectivity index is 2.19. The fraction of sp³-hybridized carbons (Fsp3) is 0.647. The average Bonchev–Trinajstić information content (AvgIpc) is 2.88. The quantitative estimate of drug-likeness (QED) is 0.404. The summed E-state index contributed by atoms with van der Waals surface area (Å²) in [5.74, 6) is 0.607. The molecule has 0 amide bonds. The molecule has 2 rings (SSSR count). The summed E-state index contributed by atoms with van der Waals surface area (Å²) in [7, 11) is 0. The molecule has 0 aromatic heterocycles. The second-order valence-electron chi connectivity index (χ2n) is 6.72. The Labute approximate surface area is 131 Å². The molecule has 1 saturated carbocycles. The minimum Gasteiger partial charge on any atom is -0.258 e. The first-order valence-corrected chi connectivity index (χ1v) is 8.24. The van der Waals surface area contributed by atoms with Crippen molar-refractivity contribution in [1.29, 1.82) is 0 Å². The molecule has 21 heavy (non-hydrogen) atoms. The van der Waals surface area contributed by atoms with Crippen molar-refractivity contribution in [1.82, 2.24) is 0 Å². The van der Waals surface area contributed by atoms with E-state index >= 15 is 0 Å². The van der Waals surface area contributed by atoms with Gasteiger partial charge in [-0.1, -0.05) is 44.9 Å². The summed E-state index contributed by atoms with van der Waals surface area (Å²) in [6, 6.07) is 6.98. The maximum atomic E-state index is 11.1. The van der Waals surface area contributed by atoms with Gasteiger partial charge in [0.05, 0.1) is 4.92 Å². The average molecular weight is 310 g/mol. The maximum absolute atomic E-state index is 11.1. The summed E-state index contributed by atoms with van der Waals surface area (Å²) >= 11 is 6.78. The lowest BCUT2D eigenvalue weighted by atomic mass is 9.74. The Hall–Kier alpha value is -1.09. The molecule has 1 aliphatic rings. The molecule has 4 heteroatoms. The Morgan fingerprint density at radius 1 is 1.29 bits per heavy atom. The molecule has 1 aliphatic carbocycles. The van der Waals surface area contributed by atoms with Crippen LogP contribution in [-0.2, 0) is 6.42 Å². The van der Waals surface area contributed by atoms with E-state index in [1.807, 2.05) is 12.1 Å². The smallest absolute Gasteiger partial charge is 0.258 e. The second-order valence-corrected chi connectivity index (χ2v) is 7.25. The topological polar surface area (TPSA) is 43.1 Å². The van der Waals surface area contributed by atoms with Crippen LogP contribution in [0.4, 0.5) is 5.69 Å². The number of nitro benzene ring substituents is 1. The molecule has 1 fully saturated rings. The number of alkyl halides is 1. The van der Waals surface area contributed by atoms with Crippen molar-refractivity contribution in [2.24, 2.45) is 11.3 Å². The molecule has 1 atom stereocenters. The number of nitrogens with zero attached hydrogens (tertiary/aromatic N) is 1. The van der Waals surface area contributed by atoms with Gasteiger partial charge >= 0.3 is 0 Å². The standard InChI is InChI=1S/C17H24ClNO2/c1-13(2)12-17(9-5-6-10-17)16(18)11-14-7-3-4-8-15(14)19(20)21/h3-4,7-8,13,16H,5-6,9-12H2,1-2H3. The monoisotopic (exact) mass is 309 g/mol. The fourth-order valence-corrected chi connectivity index (χ4v) is 4.28. The first kappa shape index (κ1) is 16.3. The molecule has 0 saturated heterocycles. The molecule has 0 N–H and O–H groups in total. The van der Waals surface area contributed by atoms with Gasteiger partial charge in [0.2, 0.25) is 0 Å². The number of para-hydroxylation sites is 1. The second kappa shape index (κ2) is 6.78. The molecular weight excluding hydrogens is 286 g/mol. The van der Waals surface area contributed by atoms with Crippen molar-refractivity contribution < 1.29 is 4.92 Å². The van der Waals surface area contributed by atoms with Crippen LogP contribution in [0.1, 0.15) is 51.5 Å². The van der Waals surface area contributed by atoms with Crippen LogP contribution in [0, 0.1) is 21.4 Å². The highest BCUT2D eigenvalue weighted by Crippen LogP contribution is 2.49. The third-order valence-electron chi connectivity index (χ3n) is 4.67. The van der Waals surface area contributed by atoms with Gasteiger partial charge in [-0.3, -0.25) is 10.1 Å². The van der Waals surface area contributed by atoms with Crippen LogP contribution >= 0.6 is 11.6 Å². The van der Waals surface area contributed by atoms with Crippen LogP contribution in [0.3, 0.4) is 0 Å². The summed E-state index contributed by atoms with van der Waals surface area (Å²) in [5, 5.41) is 11.1. The molecule has 116 valence electrons. The summed E-state index contributed by atoms with van der Waals surface area (Å²) < 4.78 is 0. The van der Waals surface area contributed by atoms with Crippen LogP contribution in [0.2, 0.25) is 0 Å². The molecular formula is C17H24ClNO2. The van der Waals surface area contributed by atoms with E-state index in [-0.39, 0.29) is 21.4 Å². The van der Waals surface area contributed by atoms with Gasteiger partial charge in [0, 0.05) is 17.0 Å². The number of rotatable bonds is 6. The predicted molar refractivity (Wildman–Crippen MR) is 86.8 cm³/mol. The summed E-state index contributed by atoms with van der Waals surface area (Å²) in [6.07, 6.45) is 6.47. The van der Waals surface area contributed by atoms with Crippen LogP contribution in [0.5, 0.6) is 0 Å². The highest BCUT2D eigenvalue weighted by molar-refractivity contribution is 6.21. The Morgan fingerprint density at radius 3 is 2.48 bits per heavy atom. The lowest BCUT2D eigenvalue weighted by Crippen LogP contribution is -2.32. The fourth-order valence-electron chi connectivity index (χ4n) is 3.81. The van der Waals surface area contributed by atoms with Gasteiger partial charge in [-0.15, -0.1) is 11.6 Å². The van der Waals surface area contributed by atoms with Gasteiger partial charge in [0.1, 0.15) is 0 Å². The highest BCUT2D eigenvalue weighted by atomic mass is 35.5. The minimum absolute atomic E-state index is 0.0245. The van der Waals surface area contributed by atoms with Crippen molar-refractivity contribution in [3.05, 3.63) is 39.9 Å². The first-order valence-electron chi connectivity index (χ1n) is 7.81.